The molecule has 0 aromatic heterocycles. The number of hydrogen-bond donors (Lipinski definition) is 4. The molecule has 0 saturated carbocycles. The van der Waals surface area contributed by atoms with E-state index in [9.17, 15) is 15.0 Å². The Kier molecular flexibility index (Phi) is 17.9. The summed E-state index contributed by atoms with van der Waals surface area (Å²) in [5, 5.41) is 30.8. The summed E-state index contributed by atoms with van der Waals surface area (Å²) < 4.78 is 0. The predicted molar refractivity (Wildman–Crippen MR) is 111 cm³/mol. The molecule has 0 radical (unpaired) electrons. The minimum atomic E-state index is -0.539. The molecule has 0 spiro atoms. The van der Waals surface area contributed by atoms with Gasteiger partial charge in [0.05, 0.1) is 18.8 Å². The number of amides is 1. The summed E-state index contributed by atoms with van der Waals surface area (Å²) in [5.41, 5.74) is 0. The molecule has 0 aromatic rings. The summed E-state index contributed by atoms with van der Waals surface area (Å²) in [6, 6.07) is 0. The van der Waals surface area contributed by atoms with Crippen molar-refractivity contribution in [2.45, 2.75) is 70.5 Å². The molecule has 5 nitrogen and oxygen atoms in total. The van der Waals surface area contributed by atoms with E-state index in [1.54, 1.807) is 18.2 Å². The maximum Gasteiger partial charge on any atom is 0.220 e. The van der Waals surface area contributed by atoms with E-state index in [1.807, 2.05) is 30.4 Å². The summed E-state index contributed by atoms with van der Waals surface area (Å²) in [4.78, 5) is 11.3. The molecule has 0 fully saturated rings. The van der Waals surface area contributed by atoms with Gasteiger partial charge < -0.3 is 20.6 Å². The average Bonchev–Trinajstić information content (AvgIpc) is 2.65. The zero-order valence-electron chi connectivity index (χ0n) is 16.6. The highest BCUT2D eigenvalue weighted by Gasteiger charge is 1.99. The standard InChI is InChI=1S/C22H37NO4/c1-2-3-8-13-20(25)14-9-4-5-10-15-21(26)16-11-6-7-12-17-22(27)23-18-19-24/h4-6,9-11,14-15,20-21,24-26H,2-3,7-8,12-13,16-19H2,1H3,(H,23,27)/b5-4-,11-6-,14-9+,15-10+/t20-,21+/m0/s1. The number of nitrogens with one attached hydrogen (secondary N) is 1. The molecule has 0 aliphatic heterocycles. The highest BCUT2D eigenvalue weighted by atomic mass is 16.3. The molecule has 1 amide bonds. The monoisotopic (exact) mass is 379 g/mol. The van der Waals surface area contributed by atoms with Crippen LogP contribution in [0.4, 0.5) is 0 Å². The van der Waals surface area contributed by atoms with Crippen molar-refractivity contribution >= 4 is 5.91 Å². The van der Waals surface area contributed by atoms with Crippen molar-refractivity contribution in [2.75, 3.05) is 13.2 Å². The van der Waals surface area contributed by atoms with Crippen LogP contribution in [-0.2, 0) is 4.79 Å². The Balaban J connectivity index is 3.78. The van der Waals surface area contributed by atoms with Crippen LogP contribution in [-0.4, -0.2) is 46.6 Å². The maximum absolute atomic E-state index is 11.3. The summed E-state index contributed by atoms with van der Waals surface area (Å²) in [6.45, 7) is 2.41. The Bertz CT molecular complexity index is 469. The van der Waals surface area contributed by atoms with E-state index in [4.69, 9.17) is 5.11 Å². The summed E-state index contributed by atoms with van der Waals surface area (Å²) in [7, 11) is 0. The summed E-state index contributed by atoms with van der Waals surface area (Å²) in [5.74, 6) is -0.0465. The molecular formula is C22H37NO4. The Hall–Kier alpha value is -1.69. The van der Waals surface area contributed by atoms with Crippen molar-refractivity contribution in [2.24, 2.45) is 0 Å². The molecule has 0 heterocycles. The fraction of sp³-hybridized carbons (Fsp3) is 0.591. The SMILES string of the molecule is CCCCC[C@H](O)/C=C/C=C\C=C\[C@@H](O)C/C=C\CCCC(=O)NCCO. The second kappa shape index (κ2) is 19.1. The molecule has 0 aliphatic rings. The van der Waals surface area contributed by atoms with Gasteiger partial charge in [0.1, 0.15) is 0 Å². The second-order valence-corrected chi connectivity index (χ2v) is 6.46. The topological polar surface area (TPSA) is 89.8 Å². The number of allylic oxidation sites excluding steroid dienone is 5. The van der Waals surface area contributed by atoms with E-state index in [1.165, 1.54) is 0 Å². The van der Waals surface area contributed by atoms with Crippen LogP contribution in [0.2, 0.25) is 0 Å². The van der Waals surface area contributed by atoms with Crippen LogP contribution in [0.15, 0.2) is 48.6 Å². The highest BCUT2D eigenvalue weighted by molar-refractivity contribution is 5.75. The quantitative estimate of drug-likeness (QED) is 0.188. The first kappa shape index (κ1) is 25.3. The van der Waals surface area contributed by atoms with Gasteiger partial charge in [0, 0.05) is 13.0 Å². The molecule has 27 heavy (non-hydrogen) atoms. The highest BCUT2D eigenvalue weighted by Crippen LogP contribution is 2.04. The fourth-order valence-electron chi connectivity index (χ4n) is 2.31. The molecular weight excluding hydrogens is 342 g/mol. The van der Waals surface area contributed by atoms with Crippen molar-refractivity contribution in [3.05, 3.63) is 48.6 Å². The van der Waals surface area contributed by atoms with E-state index in [2.05, 4.69) is 12.2 Å². The fourth-order valence-corrected chi connectivity index (χ4v) is 2.31. The van der Waals surface area contributed by atoms with Crippen molar-refractivity contribution in [3.63, 3.8) is 0 Å². The second-order valence-electron chi connectivity index (χ2n) is 6.46. The lowest BCUT2D eigenvalue weighted by Crippen LogP contribution is -2.25. The number of aliphatic hydroxyl groups excluding tert-OH is 3. The number of rotatable bonds is 16. The van der Waals surface area contributed by atoms with Crippen LogP contribution in [0, 0.1) is 0 Å². The normalized spacial score (nSPS) is 14.7. The lowest BCUT2D eigenvalue weighted by atomic mass is 10.1. The van der Waals surface area contributed by atoms with Crippen LogP contribution >= 0.6 is 0 Å². The summed E-state index contributed by atoms with van der Waals surface area (Å²) in [6.07, 6.45) is 20.4. The van der Waals surface area contributed by atoms with Crippen molar-refractivity contribution in [3.8, 4) is 0 Å². The van der Waals surface area contributed by atoms with Gasteiger partial charge in [-0.05, 0) is 25.7 Å². The third-order valence-corrected chi connectivity index (χ3v) is 3.86. The van der Waals surface area contributed by atoms with Gasteiger partial charge >= 0.3 is 0 Å². The van der Waals surface area contributed by atoms with E-state index >= 15 is 0 Å². The maximum atomic E-state index is 11.3. The first-order chi connectivity index (χ1) is 13.1. The third-order valence-electron chi connectivity index (χ3n) is 3.86. The van der Waals surface area contributed by atoms with Gasteiger partial charge in [0.15, 0.2) is 0 Å². The largest absolute Gasteiger partial charge is 0.395 e. The minimum Gasteiger partial charge on any atom is -0.395 e. The van der Waals surface area contributed by atoms with Gasteiger partial charge in [-0.1, -0.05) is 74.8 Å². The molecule has 2 atom stereocenters. The van der Waals surface area contributed by atoms with Gasteiger partial charge in [-0.25, -0.2) is 0 Å². The number of aliphatic hydroxyl groups is 3. The van der Waals surface area contributed by atoms with Gasteiger partial charge in [-0.2, -0.15) is 0 Å². The Labute approximate surface area is 164 Å². The molecule has 0 unspecified atom stereocenters. The van der Waals surface area contributed by atoms with Crippen LogP contribution in [0.25, 0.3) is 0 Å². The zero-order chi connectivity index (χ0) is 20.2. The molecule has 0 saturated heterocycles. The average molecular weight is 380 g/mol. The van der Waals surface area contributed by atoms with Crippen molar-refractivity contribution in [1.29, 1.82) is 0 Å². The molecule has 0 rings (SSSR count). The zero-order valence-corrected chi connectivity index (χ0v) is 16.6. The number of carbonyl (C=O) groups is 1. The minimum absolute atomic E-state index is 0.0382. The van der Waals surface area contributed by atoms with Gasteiger partial charge in [-0.15, -0.1) is 0 Å². The summed E-state index contributed by atoms with van der Waals surface area (Å²) >= 11 is 0. The molecule has 0 bridgehead atoms. The Morgan fingerprint density at radius 3 is 2.33 bits per heavy atom. The first-order valence-corrected chi connectivity index (χ1v) is 10.0. The van der Waals surface area contributed by atoms with Crippen molar-refractivity contribution < 1.29 is 20.1 Å². The van der Waals surface area contributed by atoms with Crippen LogP contribution < -0.4 is 5.32 Å². The van der Waals surface area contributed by atoms with Crippen LogP contribution in [0.3, 0.4) is 0 Å². The molecule has 5 heteroatoms. The predicted octanol–water partition coefficient (Wildman–Crippen LogP) is 3.18. The van der Waals surface area contributed by atoms with Crippen LogP contribution in [0.5, 0.6) is 0 Å². The van der Waals surface area contributed by atoms with E-state index in [-0.39, 0.29) is 18.6 Å². The molecule has 4 N–H and O–H groups in total. The van der Waals surface area contributed by atoms with Crippen LogP contribution in [0.1, 0.15) is 58.3 Å². The number of unbranched alkanes of at least 4 members (excludes halogenated alkanes) is 3. The lowest BCUT2D eigenvalue weighted by molar-refractivity contribution is -0.121. The molecule has 0 aromatic carbocycles. The molecule has 0 aliphatic carbocycles. The van der Waals surface area contributed by atoms with E-state index in [0.29, 0.717) is 19.4 Å². The van der Waals surface area contributed by atoms with Gasteiger partial charge in [-0.3, -0.25) is 4.79 Å². The number of hydrogen-bond acceptors (Lipinski definition) is 4. The van der Waals surface area contributed by atoms with E-state index in [0.717, 1.165) is 38.5 Å². The Morgan fingerprint density at radius 2 is 1.67 bits per heavy atom. The first-order valence-electron chi connectivity index (χ1n) is 10.0. The van der Waals surface area contributed by atoms with Gasteiger partial charge in [0.25, 0.3) is 0 Å². The smallest absolute Gasteiger partial charge is 0.220 e. The van der Waals surface area contributed by atoms with Gasteiger partial charge in [0.2, 0.25) is 5.91 Å². The number of carbonyl (C=O) groups excluding carboxylic acids is 1. The lowest BCUT2D eigenvalue weighted by Gasteiger charge is -2.03. The van der Waals surface area contributed by atoms with Crippen molar-refractivity contribution in [1.82, 2.24) is 5.32 Å². The molecule has 154 valence electrons. The third kappa shape index (κ3) is 18.9. The Morgan fingerprint density at radius 1 is 0.963 bits per heavy atom. The van der Waals surface area contributed by atoms with E-state index < -0.39 is 6.10 Å².